The van der Waals surface area contributed by atoms with Gasteiger partial charge in [-0.05, 0) is 49.2 Å². The van der Waals surface area contributed by atoms with Gasteiger partial charge in [-0.25, -0.2) is 4.39 Å². The first-order valence-electron chi connectivity index (χ1n) is 7.26. The van der Waals surface area contributed by atoms with Crippen LogP contribution in [-0.2, 0) is 6.42 Å². The standard InChI is InChI=1S/C18H22FNO/c1-4-20-17(12-14-6-8-15(19)9-7-14)16-10-5-13(2)11-18(16)21-3/h5-11,17,20H,4,12H2,1-3H3. The number of ether oxygens (including phenoxy) is 1. The van der Waals surface area contributed by atoms with Crippen LogP contribution in [0.3, 0.4) is 0 Å². The molecule has 2 aromatic carbocycles. The molecule has 0 amide bonds. The number of likely N-dealkylation sites (N-methyl/N-ethyl adjacent to an activating group) is 1. The number of nitrogens with one attached hydrogen (secondary N) is 1. The summed E-state index contributed by atoms with van der Waals surface area (Å²) < 4.78 is 18.5. The van der Waals surface area contributed by atoms with Crippen LogP contribution in [0.1, 0.15) is 29.7 Å². The van der Waals surface area contributed by atoms with Crippen molar-refractivity contribution in [1.29, 1.82) is 0 Å². The zero-order chi connectivity index (χ0) is 15.2. The van der Waals surface area contributed by atoms with Gasteiger partial charge in [0.05, 0.1) is 7.11 Å². The van der Waals surface area contributed by atoms with E-state index in [1.54, 1.807) is 7.11 Å². The van der Waals surface area contributed by atoms with Gasteiger partial charge in [0.25, 0.3) is 0 Å². The Morgan fingerprint density at radius 2 is 1.86 bits per heavy atom. The molecular weight excluding hydrogens is 265 g/mol. The van der Waals surface area contributed by atoms with Crippen molar-refractivity contribution in [2.45, 2.75) is 26.3 Å². The SMILES string of the molecule is CCNC(Cc1ccc(F)cc1)c1ccc(C)cc1OC. The average molecular weight is 287 g/mol. The van der Waals surface area contributed by atoms with Gasteiger partial charge in [-0.3, -0.25) is 0 Å². The maximum Gasteiger partial charge on any atom is 0.123 e. The van der Waals surface area contributed by atoms with E-state index >= 15 is 0 Å². The third-order valence-electron chi connectivity index (χ3n) is 3.57. The van der Waals surface area contributed by atoms with Crippen molar-refractivity contribution in [1.82, 2.24) is 5.32 Å². The van der Waals surface area contributed by atoms with E-state index in [1.807, 2.05) is 18.2 Å². The second kappa shape index (κ2) is 7.23. The van der Waals surface area contributed by atoms with Crippen LogP contribution in [0.5, 0.6) is 5.75 Å². The van der Waals surface area contributed by atoms with E-state index < -0.39 is 0 Å². The predicted octanol–water partition coefficient (Wildman–Crippen LogP) is 4.04. The summed E-state index contributed by atoms with van der Waals surface area (Å²) in [5, 5.41) is 3.48. The maximum absolute atomic E-state index is 13.0. The van der Waals surface area contributed by atoms with Gasteiger partial charge >= 0.3 is 0 Å². The monoisotopic (exact) mass is 287 g/mol. The Kier molecular flexibility index (Phi) is 5.34. The van der Waals surface area contributed by atoms with Crippen LogP contribution in [0.15, 0.2) is 42.5 Å². The molecule has 2 aromatic rings. The summed E-state index contributed by atoms with van der Waals surface area (Å²) in [4.78, 5) is 0. The molecule has 0 aliphatic heterocycles. The Morgan fingerprint density at radius 3 is 2.48 bits per heavy atom. The lowest BCUT2D eigenvalue weighted by molar-refractivity contribution is 0.399. The molecule has 0 radical (unpaired) electrons. The Bertz CT molecular complexity index is 580. The molecule has 2 nitrogen and oxygen atoms in total. The zero-order valence-electron chi connectivity index (χ0n) is 12.8. The lowest BCUT2D eigenvalue weighted by atomic mass is 9.97. The average Bonchev–Trinajstić information content (AvgIpc) is 2.49. The fourth-order valence-corrected chi connectivity index (χ4v) is 2.50. The molecule has 0 aliphatic carbocycles. The first-order chi connectivity index (χ1) is 10.1. The summed E-state index contributed by atoms with van der Waals surface area (Å²) >= 11 is 0. The fraction of sp³-hybridized carbons (Fsp3) is 0.333. The smallest absolute Gasteiger partial charge is 0.123 e. The van der Waals surface area contributed by atoms with Crippen LogP contribution < -0.4 is 10.1 Å². The number of methoxy groups -OCH3 is 1. The van der Waals surface area contributed by atoms with Crippen LogP contribution in [0, 0.1) is 12.7 Å². The first-order valence-corrected chi connectivity index (χ1v) is 7.26. The fourth-order valence-electron chi connectivity index (χ4n) is 2.50. The number of rotatable bonds is 6. The third kappa shape index (κ3) is 4.05. The molecule has 112 valence electrons. The zero-order valence-corrected chi connectivity index (χ0v) is 12.8. The molecule has 0 spiro atoms. The van der Waals surface area contributed by atoms with Crippen molar-refractivity contribution in [3.8, 4) is 5.75 Å². The minimum atomic E-state index is -0.202. The molecule has 0 bridgehead atoms. The molecule has 0 saturated carbocycles. The number of halogens is 1. The summed E-state index contributed by atoms with van der Waals surface area (Å²) in [5.74, 6) is 0.690. The molecule has 1 unspecified atom stereocenters. The molecule has 21 heavy (non-hydrogen) atoms. The van der Waals surface area contributed by atoms with Crippen LogP contribution in [-0.4, -0.2) is 13.7 Å². The second-order valence-electron chi connectivity index (χ2n) is 5.19. The van der Waals surface area contributed by atoms with E-state index in [9.17, 15) is 4.39 Å². The molecule has 2 rings (SSSR count). The van der Waals surface area contributed by atoms with Crippen molar-refractivity contribution in [3.63, 3.8) is 0 Å². The van der Waals surface area contributed by atoms with Crippen molar-refractivity contribution < 1.29 is 9.13 Å². The van der Waals surface area contributed by atoms with E-state index in [-0.39, 0.29) is 11.9 Å². The molecule has 1 N–H and O–H groups in total. The van der Waals surface area contributed by atoms with Gasteiger partial charge in [0.1, 0.15) is 11.6 Å². The van der Waals surface area contributed by atoms with Gasteiger partial charge in [-0.1, -0.05) is 31.2 Å². The van der Waals surface area contributed by atoms with Crippen molar-refractivity contribution in [2.75, 3.05) is 13.7 Å². The predicted molar refractivity (Wildman–Crippen MR) is 84.3 cm³/mol. The Morgan fingerprint density at radius 1 is 1.14 bits per heavy atom. The van der Waals surface area contributed by atoms with Gasteiger partial charge in [-0.2, -0.15) is 0 Å². The van der Waals surface area contributed by atoms with Gasteiger partial charge in [-0.15, -0.1) is 0 Å². The van der Waals surface area contributed by atoms with E-state index in [0.29, 0.717) is 0 Å². The quantitative estimate of drug-likeness (QED) is 0.866. The third-order valence-corrected chi connectivity index (χ3v) is 3.57. The molecule has 1 atom stereocenters. The number of benzene rings is 2. The highest BCUT2D eigenvalue weighted by Crippen LogP contribution is 2.28. The Balaban J connectivity index is 2.28. The summed E-state index contributed by atoms with van der Waals surface area (Å²) in [5.41, 5.74) is 3.41. The highest BCUT2D eigenvalue weighted by atomic mass is 19.1. The Labute approximate surface area is 126 Å². The van der Waals surface area contributed by atoms with Gasteiger partial charge in [0.2, 0.25) is 0 Å². The molecule has 0 aliphatic rings. The molecular formula is C18H22FNO. The van der Waals surface area contributed by atoms with E-state index in [4.69, 9.17) is 4.74 Å². The van der Waals surface area contributed by atoms with Gasteiger partial charge in [0.15, 0.2) is 0 Å². The highest BCUT2D eigenvalue weighted by Gasteiger charge is 2.16. The second-order valence-corrected chi connectivity index (χ2v) is 5.19. The number of aryl methyl sites for hydroxylation is 1. The van der Waals surface area contributed by atoms with Crippen LogP contribution in [0.2, 0.25) is 0 Å². The van der Waals surface area contributed by atoms with E-state index in [1.165, 1.54) is 17.7 Å². The van der Waals surface area contributed by atoms with E-state index in [2.05, 4.69) is 31.3 Å². The van der Waals surface area contributed by atoms with Gasteiger partial charge < -0.3 is 10.1 Å². The molecule has 0 heterocycles. The molecule has 0 fully saturated rings. The van der Waals surface area contributed by atoms with Crippen molar-refractivity contribution in [3.05, 3.63) is 65.0 Å². The Hall–Kier alpha value is -1.87. The number of hydrogen-bond acceptors (Lipinski definition) is 2. The largest absolute Gasteiger partial charge is 0.496 e. The minimum absolute atomic E-state index is 0.149. The van der Waals surface area contributed by atoms with Gasteiger partial charge in [0, 0.05) is 11.6 Å². The first kappa shape index (κ1) is 15.5. The highest BCUT2D eigenvalue weighted by molar-refractivity contribution is 5.40. The number of hydrogen-bond donors (Lipinski definition) is 1. The van der Waals surface area contributed by atoms with E-state index in [0.717, 1.165) is 29.8 Å². The van der Waals surface area contributed by atoms with Crippen molar-refractivity contribution >= 4 is 0 Å². The molecule has 0 aromatic heterocycles. The summed E-state index contributed by atoms with van der Waals surface area (Å²) in [7, 11) is 1.69. The minimum Gasteiger partial charge on any atom is -0.496 e. The van der Waals surface area contributed by atoms with Crippen LogP contribution in [0.4, 0.5) is 4.39 Å². The van der Waals surface area contributed by atoms with Crippen LogP contribution >= 0.6 is 0 Å². The lowest BCUT2D eigenvalue weighted by Crippen LogP contribution is -2.23. The molecule has 0 saturated heterocycles. The topological polar surface area (TPSA) is 21.3 Å². The lowest BCUT2D eigenvalue weighted by Gasteiger charge is -2.21. The van der Waals surface area contributed by atoms with Crippen LogP contribution in [0.25, 0.3) is 0 Å². The summed E-state index contributed by atoms with van der Waals surface area (Å²) in [6.07, 6.45) is 0.799. The molecule has 3 heteroatoms. The normalized spacial score (nSPS) is 12.2. The maximum atomic E-state index is 13.0. The summed E-state index contributed by atoms with van der Waals surface area (Å²) in [6.45, 7) is 5.00. The summed E-state index contributed by atoms with van der Waals surface area (Å²) in [6, 6.07) is 13.1. The van der Waals surface area contributed by atoms with Crippen molar-refractivity contribution in [2.24, 2.45) is 0 Å².